The van der Waals surface area contributed by atoms with Crippen molar-refractivity contribution in [1.82, 2.24) is 5.32 Å². The van der Waals surface area contributed by atoms with Crippen LogP contribution in [0.3, 0.4) is 0 Å². The van der Waals surface area contributed by atoms with Crippen molar-refractivity contribution in [3.05, 3.63) is 68.7 Å². The highest BCUT2D eigenvalue weighted by atomic mass is 35.5. The quantitative estimate of drug-likeness (QED) is 0.627. The lowest BCUT2D eigenvalue weighted by atomic mass is 10.1. The van der Waals surface area contributed by atoms with E-state index in [1.807, 2.05) is 13.8 Å². The molecule has 0 aliphatic carbocycles. The first-order chi connectivity index (χ1) is 11.8. The zero-order valence-corrected chi connectivity index (χ0v) is 14.3. The second-order valence-electron chi connectivity index (χ2n) is 5.55. The number of carbonyl (C=O) groups is 2. The highest BCUT2D eigenvalue weighted by molar-refractivity contribution is 6.33. The van der Waals surface area contributed by atoms with Gasteiger partial charge in [-0.15, -0.1) is 0 Å². The highest BCUT2D eigenvalue weighted by Crippen LogP contribution is 2.25. The van der Waals surface area contributed by atoms with Gasteiger partial charge in [-0.2, -0.15) is 0 Å². The Morgan fingerprint density at radius 1 is 1.12 bits per heavy atom. The van der Waals surface area contributed by atoms with Crippen LogP contribution in [0.5, 0.6) is 0 Å². The van der Waals surface area contributed by atoms with E-state index in [1.54, 1.807) is 24.3 Å². The molecule has 0 bridgehead atoms. The normalized spacial score (nSPS) is 10.4. The summed E-state index contributed by atoms with van der Waals surface area (Å²) in [5, 5.41) is 16.0. The van der Waals surface area contributed by atoms with Gasteiger partial charge < -0.3 is 10.6 Å². The summed E-state index contributed by atoms with van der Waals surface area (Å²) >= 11 is 5.82. The smallest absolute Gasteiger partial charge is 0.287 e. The fraction of sp³-hybridized carbons (Fsp3) is 0.176. The molecule has 2 aromatic rings. The minimum Gasteiger partial charge on any atom is -0.350 e. The summed E-state index contributed by atoms with van der Waals surface area (Å²) < 4.78 is 0. The molecular formula is C17H16ClN3O4. The van der Waals surface area contributed by atoms with Crippen molar-refractivity contribution >= 4 is 34.8 Å². The van der Waals surface area contributed by atoms with Crippen molar-refractivity contribution in [2.75, 3.05) is 5.32 Å². The molecule has 0 aliphatic heterocycles. The number of hydrogen-bond acceptors (Lipinski definition) is 4. The van der Waals surface area contributed by atoms with Gasteiger partial charge in [0.05, 0.1) is 16.2 Å². The van der Waals surface area contributed by atoms with E-state index in [1.165, 1.54) is 12.1 Å². The van der Waals surface area contributed by atoms with E-state index in [0.29, 0.717) is 11.3 Å². The maximum atomic E-state index is 12.4. The van der Waals surface area contributed by atoms with Gasteiger partial charge >= 0.3 is 0 Å². The molecule has 25 heavy (non-hydrogen) atoms. The van der Waals surface area contributed by atoms with E-state index < -0.39 is 10.8 Å². The molecule has 0 unspecified atom stereocenters. The standard InChI is InChI=1S/C17H16ClN3O4/c1-10(2)19-17(23)12-5-3-4-6-14(12)20-16(22)11-7-8-15(21(24)25)13(18)9-11/h3-10H,1-2H3,(H,19,23)(H,20,22). The van der Waals surface area contributed by atoms with E-state index in [4.69, 9.17) is 11.6 Å². The number of hydrogen-bond donors (Lipinski definition) is 2. The van der Waals surface area contributed by atoms with Crippen molar-refractivity contribution in [3.8, 4) is 0 Å². The molecule has 0 spiro atoms. The summed E-state index contributed by atoms with van der Waals surface area (Å²) in [5.74, 6) is -0.839. The number of para-hydroxylation sites is 1. The summed E-state index contributed by atoms with van der Waals surface area (Å²) in [5.41, 5.74) is 0.516. The van der Waals surface area contributed by atoms with Gasteiger partial charge in [0, 0.05) is 17.7 Å². The van der Waals surface area contributed by atoms with Gasteiger partial charge in [-0.25, -0.2) is 0 Å². The van der Waals surface area contributed by atoms with E-state index in [9.17, 15) is 19.7 Å². The van der Waals surface area contributed by atoms with Crippen LogP contribution >= 0.6 is 11.6 Å². The van der Waals surface area contributed by atoms with Crippen molar-refractivity contribution in [3.63, 3.8) is 0 Å². The molecule has 0 saturated carbocycles. The Morgan fingerprint density at radius 2 is 1.80 bits per heavy atom. The van der Waals surface area contributed by atoms with Crippen LogP contribution in [0.15, 0.2) is 42.5 Å². The third kappa shape index (κ3) is 4.54. The minimum atomic E-state index is -0.629. The Kier molecular flexibility index (Phi) is 5.71. The first-order valence-electron chi connectivity index (χ1n) is 7.44. The lowest BCUT2D eigenvalue weighted by Gasteiger charge is -2.13. The van der Waals surface area contributed by atoms with Gasteiger partial charge in [-0.05, 0) is 38.1 Å². The number of amides is 2. The first-order valence-corrected chi connectivity index (χ1v) is 7.82. The molecule has 0 atom stereocenters. The molecule has 8 heteroatoms. The van der Waals surface area contributed by atoms with Gasteiger partial charge in [0.15, 0.2) is 0 Å². The predicted molar refractivity (Wildman–Crippen MR) is 95.1 cm³/mol. The number of nitrogens with one attached hydrogen (secondary N) is 2. The summed E-state index contributed by atoms with van der Waals surface area (Å²) in [6, 6.07) is 10.2. The van der Waals surface area contributed by atoms with Crippen LogP contribution in [0.1, 0.15) is 34.6 Å². The molecule has 2 rings (SSSR count). The molecule has 0 radical (unpaired) electrons. The molecule has 0 aromatic heterocycles. The van der Waals surface area contributed by atoms with Crippen LogP contribution in [-0.2, 0) is 0 Å². The van der Waals surface area contributed by atoms with Gasteiger partial charge in [0.1, 0.15) is 5.02 Å². The number of anilines is 1. The molecule has 2 N–H and O–H groups in total. The summed E-state index contributed by atoms with van der Waals surface area (Å²) in [4.78, 5) is 34.7. The maximum absolute atomic E-state index is 12.4. The Morgan fingerprint density at radius 3 is 2.40 bits per heavy atom. The Balaban J connectivity index is 2.25. The Labute approximate surface area is 149 Å². The van der Waals surface area contributed by atoms with Gasteiger partial charge in [-0.1, -0.05) is 23.7 Å². The fourth-order valence-corrected chi connectivity index (χ4v) is 2.37. The Hall–Kier alpha value is -2.93. The number of halogens is 1. The number of nitrogens with zero attached hydrogens (tertiary/aromatic N) is 1. The fourth-order valence-electron chi connectivity index (χ4n) is 2.12. The molecule has 130 valence electrons. The zero-order chi connectivity index (χ0) is 18.6. The van der Waals surface area contributed by atoms with Gasteiger partial charge in [-0.3, -0.25) is 19.7 Å². The molecule has 0 fully saturated rings. The molecular weight excluding hydrogens is 346 g/mol. The molecule has 2 aromatic carbocycles. The topological polar surface area (TPSA) is 101 Å². The summed E-state index contributed by atoms with van der Waals surface area (Å²) in [7, 11) is 0. The van der Waals surface area contributed by atoms with Crippen LogP contribution in [0.4, 0.5) is 11.4 Å². The predicted octanol–water partition coefficient (Wildman–Crippen LogP) is 3.64. The molecule has 0 aliphatic rings. The van der Waals surface area contributed by atoms with E-state index in [2.05, 4.69) is 10.6 Å². The minimum absolute atomic E-state index is 0.0512. The molecule has 2 amide bonds. The largest absolute Gasteiger partial charge is 0.350 e. The number of nitro groups is 1. The average Bonchev–Trinajstić information content (AvgIpc) is 2.54. The first kappa shape index (κ1) is 18.4. The lowest BCUT2D eigenvalue weighted by molar-refractivity contribution is -0.384. The highest BCUT2D eigenvalue weighted by Gasteiger charge is 2.17. The van der Waals surface area contributed by atoms with Crippen molar-refractivity contribution in [1.29, 1.82) is 0 Å². The third-order valence-corrected chi connectivity index (χ3v) is 3.55. The van der Waals surface area contributed by atoms with Crippen LogP contribution in [-0.4, -0.2) is 22.8 Å². The molecule has 7 nitrogen and oxygen atoms in total. The zero-order valence-electron chi connectivity index (χ0n) is 13.6. The van der Waals surface area contributed by atoms with Crippen molar-refractivity contribution in [2.45, 2.75) is 19.9 Å². The van der Waals surface area contributed by atoms with E-state index in [-0.39, 0.29) is 28.2 Å². The number of benzene rings is 2. The van der Waals surface area contributed by atoms with E-state index in [0.717, 1.165) is 6.07 Å². The average molecular weight is 362 g/mol. The number of nitro benzene ring substituents is 1. The Bertz CT molecular complexity index is 836. The second kappa shape index (κ2) is 7.76. The molecule has 0 heterocycles. The van der Waals surface area contributed by atoms with Crippen LogP contribution in [0.2, 0.25) is 5.02 Å². The third-order valence-electron chi connectivity index (χ3n) is 3.25. The lowest BCUT2D eigenvalue weighted by Crippen LogP contribution is -2.31. The SMILES string of the molecule is CC(C)NC(=O)c1ccccc1NC(=O)c1ccc([N+](=O)[O-])c(Cl)c1. The summed E-state index contributed by atoms with van der Waals surface area (Å²) in [6.07, 6.45) is 0. The molecule has 0 saturated heterocycles. The van der Waals surface area contributed by atoms with Gasteiger partial charge in [0.2, 0.25) is 0 Å². The second-order valence-corrected chi connectivity index (χ2v) is 5.96. The maximum Gasteiger partial charge on any atom is 0.287 e. The number of carbonyl (C=O) groups excluding carboxylic acids is 2. The number of rotatable bonds is 5. The van der Waals surface area contributed by atoms with Crippen molar-refractivity contribution in [2.24, 2.45) is 0 Å². The van der Waals surface area contributed by atoms with E-state index >= 15 is 0 Å². The monoisotopic (exact) mass is 361 g/mol. The van der Waals surface area contributed by atoms with Gasteiger partial charge in [0.25, 0.3) is 17.5 Å². The summed E-state index contributed by atoms with van der Waals surface area (Å²) in [6.45, 7) is 3.66. The van der Waals surface area contributed by atoms with Crippen molar-refractivity contribution < 1.29 is 14.5 Å². The van der Waals surface area contributed by atoms with Crippen LogP contribution in [0.25, 0.3) is 0 Å². The van der Waals surface area contributed by atoms with Crippen LogP contribution in [0, 0.1) is 10.1 Å². The van der Waals surface area contributed by atoms with Crippen LogP contribution < -0.4 is 10.6 Å².